The average Bonchev–Trinajstić information content (AvgIpc) is 2.53. The minimum atomic E-state index is -0.433. The summed E-state index contributed by atoms with van der Waals surface area (Å²) >= 11 is 0. The predicted molar refractivity (Wildman–Crippen MR) is 89.6 cm³/mol. The van der Waals surface area contributed by atoms with Crippen molar-refractivity contribution in [2.24, 2.45) is 0 Å². The number of H-pyrrole nitrogens is 1. The third-order valence-corrected chi connectivity index (χ3v) is 3.69. The maximum absolute atomic E-state index is 12.1. The third-order valence-electron chi connectivity index (χ3n) is 3.69. The predicted octanol–water partition coefficient (Wildman–Crippen LogP) is 3.50. The first-order valence-corrected chi connectivity index (χ1v) is 7.39. The van der Waals surface area contributed by atoms with E-state index >= 15 is 0 Å². The molecule has 0 aliphatic rings. The van der Waals surface area contributed by atoms with Crippen LogP contribution in [0.5, 0.6) is 0 Å². The van der Waals surface area contributed by atoms with Crippen LogP contribution in [0.1, 0.15) is 27.0 Å². The standard InChI is InChI=1S/C19H17NO3/c1-12-4-3-5-14(8-12)19(22)23-11-16-10-15-9-13(2)6-7-17(15)20-18(16)21/h3-10H,11H2,1-2H3,(H,20,21). The molecule has 0 unspecified atom stereocenters. The number of benzene rings is 2. The Morgan fingerprint density at radius 2 is 1.83 bits per heavy atom. The van der Waals surface area contributed by atoms with Crippen molar-refractivity contribution in [3.63, 3.8) is 0 Å². The van der Waals surface area contributed by atoms with Crippen LogP contribution in [0.2, 0.25) is 0 Å². The lowest BCUT2D eigenvalue weighted by Crippen LogP contribution is -2.15. The number of carbonyl (C=O) groups is 1. The van der Waals surface area contributed by atoms with E-state index in [-0.39, 0.29) is 12.2 Å². The van der Waals surface area contributed by atoms with E-state index in [1.807, 2.05) is 38.1 Å². The molecule has 1 heterocycles. The van der Waals surface area contributed by atoms with Gasteiger partial charge in [-0.1, -0.05) is 29.3 Å². The maximum atomic E-state index is 12.1. The van der Waals surface area contributed by atoms with Crippen molar-refractivity contribution in [1.82, 2.24) is 4.98 Å². The molecule has 3 rings (SSSR count). The van der Waals surface area contributed by atoms with Gasteiger partial charge in [-0.2, -0.15) is 0 Å². The Hall–Kier alpha value is -2.88. The second-order valence-electron chi connectivity index (χ2n) is 5.66. The van der Waals surface area contributed by atoms with Gasteiger partial charge in [-0.25, -0.2) is 4.79 Å². The van der Waals surface area contributed by atoms with Gasteiger partial charge in [-0.3, -0.25) is 4.79 Å². The molecule has 3 aromatic rings. The van der Waals surface area contributed by atoms with E-state index < -0.39 is 5.97 Å². The van der Waals surface area contributed by atoms with E-state index in [2.05, 4.69) is 4.98 Å². The van der Waals surface area contributed by atoms with Crippen molar-refractivity contribution < 1.29 is 9.53 Å². The van der Waals surface area contributed by atoms with Crippen molar-refractivity contribution in [1.29, 1.82) is 0 Å². The van der Waals surface area contributed by atoms with Crippen molar-refractivity contribution in [3.05, 3.63) is 81.1 Å². The van der Waals surface area contributed by atoms with Gasteiger partial charge in [0.25, 0.3) is 5.56 Å². The largest absolute Gasteiger partial charge is 0.457 e. The smallest absolute Gasteiger partial charge is 0.338 e. The van der Waals surface area contributed by atoms with E-state index in [0.717, 1.165) is 22.0 Å². The number of pyridine rings is 1. The van der Waals surface area contributed by atoms with Gasteiger partial charge in [0.05, 0.1) is 11.1 Å². The zero-order valence-corrected chi connectivity index (χ0v) is 13.1. The molecule has 4 heteroatoms. The molecule has 116 valence electrons. The van der Waals surface area contributed by atoms with Gasteiger partial charge >= 0.3 is 5.97 Å². The number of fused-ring (bicyclic) bond motifs is 1. The zero-order chi connectivity index (χ0) is 16.4. The summed E-state index contributed by atoms with van der Waals surface area (Å²) in [7, 11) is 0. The number of hydrogen-bond acceptors (Lipinski definition) is 3. The minimum absolute atomic E-state index is 0.0496. The second-order valence-corrected chi connectivity index (χ2v) is 5.66. The molecule has 1 N–H and O–H groups in total. The Labute approximate surface area is 133 Å². The normalized spacial score (nSPS) is 10.7. The van der Waals surface area contributed by atoms with Gasteiger partial charge in [-0.05, 0) is 49.6 Å². The molecule has 1 aromatic heterocycles. The summed E-state index contributed by atoms with van der Waals surface area (Å²) in [6.45, 7) is 3.85. The first-order valence-electron chi connectivity index (χ1n) is 7.39. The van der Waals surface area contributed by atoms with Gasteiger partial charge in [0.15, 0.2) is 0 Å². The minimum Gasteiger partial charge on any atom is -0.457 e. The molecule has 0 bridgehead atoms. The summed E-state index contributed by atoms with van der Waals surface area (Å²) in [5.41, 5.74) is 3.54. The highest BCUT2D eigenvalue weighted by Gasteiger charge is 2.10. The number of rotatable bonds is 3. The Morgan fingerprint density at radius 3 is 2.61 bits per heavy atom. The van der Waals surface area contributed by atoms with E-state index in [1.54, 1.807) is 24.3 Å². The van der Waals surface area contributed by atoms with E-state index in [0.29, 0.717) is 11.1 Å². The SMILES string of the molecule is Cc1cccc(C(=O)OCc2cc3cc(C)ccc3[nH]c2=O)c1. The topological polar surface area (TPSA) is 59.2 Å². The first kappa shape index (κ1) is 15.0. The molecule has 0 amide bonds. The van der Waals surface area contributed by atoms with Crippen LogP contribution < -0.4 is 5.56 Å². The molecule has 0 spiro atoms. The number of aromatic amines is 1. The van der Waals surface area contributed by atoms with Crippen molar-refractivity contribution in [3.8, 4) is 0 Å². The molecule has 0 atom stereocenters. The Morgan fingerprint density at radius 1 is 1.04 bits per heavy atom. The first-order chi connectivity index (χ1) is 11.0. The molecule has 2 aromatic carbocycles. The number of aromatic nitrogens is 1. The zero-order valence-electron chi connectivity index (χ0n) is 13.1. The average molecular weight is 307 g/mol. The quantitative estimate of drug-likeness (QED) is 0.753. The molecule has 0 saturated heterocycles. The van der Waals surface area contributed by atoms with Crippen LogP contribution in [0, 0.1) is 13.8 Å². The lowest BCUT2D eigenvalue weighted by atomic mass is 10.1. The third kappa shape index (κ3) is 3.31. The van der Waals surface area contributed by atoms with Crippen molar-refractivity contribution in [2.45, 2.75) is 20.5 Å². The molecule has 0 saturated carbocycles. The van der Waals surface area contributed by atoms with Crippen LogP contribution in [0.25, 0.3) is 10.9 Å². The van der Waals surface area contributed by atoms with Gasteiger partial charge in [0.2, 0.25) is 0 Å². The summed E-state index contributed by atoms with van der Waals surface area (Å²) in [5, 5.41) is 0.922. The van der Waals surface area contributed by atoms with E-state index in [9.17, 15) is 9.59 Å². The molecule has 4 nitrogen and oxygen atoms in total. The molecule has 0 aliphatic carbocycles. The number of esters is 1. The number of nitrogens with one attached hydrogen (secondary N) is 1. The highest BCUT2D eigenvalue weighted by molar-refractivity contribution is 5.89. The van der Waals surface area contributed by atoms with Gasteiger partial charge < -0.3 is 9.72 Å². The fraction of sp³-hybridized carbons (Fsp3) is 0.158. The molecular weight excluding hydrogens is 290 g/mol. The fourth-order valence-corrected chi connectivity index (χ4v) is 2.48. The van der Waals surface area contributed by atoms with E-state index in [4.69, 9.17) is 4.74 Å². The van der Waals surface area contributed by atoms with Crippen molar-refractivity contribution >= 4 is 16.9 Å². The fourth-order valence-electron chi connectivity index (χ4n) is 2.48. The molecule has 0 aliphatic heterocycles. The lowest BCUT2D eigenvalue weighted by molar-refractivity contribution is 0.0471. The molecule has 0 radical (unpaired) electrons. The summed E-state index contributed by atoms with van der Waals surface area (Å²) in [6.07, 6.45) is 0. The van der Waals surface area contributed by atoms with Crippen LogP contribution in [0.4, 0.5) is 0 Å². The Bertz CT molecular complexity index is 941. The second kappa shape index (κ2) is 6.08. The monoisotopic (exact) mass is 307 g/mol. The van der Waals surface area contributed by atoms with Crippen LogP contribution in [0.3, 0.4) is 0 Å². The summed E-state index contributed by atoms with van der Waals surface area (Å²) < 4.78 is 5.27. The number of carbonyl (C=O) groups excluding carboxylic acids is 1. The summed E-state index contributed by atoms with van der Waals surface area (Å²) in [6, 6.07) is 14.7. The number of hydrogen-bond donors (Lipinski definition) is 1. The number of aryl methyl sites for hydroxylation is 2. The van der Waals surface area contributed by atoms with Gasteiger partial charge in [-0.15, -0.1) is 0 Å². The van der Waals surface area contributed by atoms with Crippen LogP contribution in [-0.4, -0.2) is 11.0 Å². The maximum Gasteiger partial charge on any atom is 0.338 e. The van der Waals surface area contributed by atoms with E-state index in [1.165, 1.54) is 0 Å². The highest BCUT2D eigenvalue weighted by Crippen LogP contribution is 2.14. The van der Waals surface area contributed by atoms with Gasteiger partial charge in [0.1, 0.15) is 6.61 Å². The molecular formula is C19H17NO3. The van der Waals surface area contributed by atoms with Crippen molar-refractivity contribution in [2.75, 3.05) is 0 Å². The Balaban J connectivity index is 1.82. The lowest BCUT2D eigenvalue weighted by Gasteiger charge is -2.07. The summed E-state index contributed by atoms with van der Waals surface area (Å²) in [4.78, 5) is 27.0. The molecule has 23 heavy (non-hydrogen) atoms. The number of ether oxygens (including phenoxy) is 1. The van der Waals surface area contributed by atoms with Crippen LogP contribution in [-0.2, 0) is 11.3 Å². The summed E-state index contributed by atoms with van der Waals surface area (Å²) in [5.74, 6) is -0.433. The van der Waals surface area contributed by atoms with Gasteiger partial charge in [0, 0.05) is 5.52 Å². The highest BCUT2D eigenvalue weighted by atomic mass is 16.5. The van der Waals surface area contributed by atoms with Crippen LogP contribution in [0.15, 0.2) is 53.3 Å². The molecule has 0 fully saturated rings. The Kier molecular flexibility index (Phi) is 3.98. The van der Waals surface area contributed by atoms with Crippen LogP contribution >= 0.6 is 0 Å².